The average molecular weight is 214 g/mol. The highest BCUT2D eigenvalue weighted by Crippen LogP contribution is 2.03. The van der Waals surface area contributed by atoms with Gasteiger partial charge in [-0.1, -0.05) is 19.0 Å². The average Bonchev–Trinajstić information content (AvgIpc) is 2.21. The molecule has 0 saturated carbocycles. The highest BCUT2D eigenvalue weighted by atomic mass is 16.5. The molecule has 0 aliphatic rings. The lowest BCUT2D eigenvalue weighted by molar-refractivity contribution is -0.146. The monoisotopic (exact) mass is 214 g/mol. The Morgan fingerprint density at radius 1 is 1.53 bits per heavy atom. The van der Waals surface area contributed by atoms with E-state index in [0.717, 1.165) is 0 Å². The Balaban J connectivity index is 4.35. The lowest BCUT2D eigenvalue weighted by Gasteiger charge is -2.19. The Morgan fingerprint density at radius 3 is 2.53 bits per heavy atom. The van der Waals surface area contributed by atoms with Crippen LogP contribution in [-0.4, -0.2) is 31.6 Å². The first-order valence-corrected chi connectivity index (χ1v) is 4.41. The number of esters is 1. The second kappa shape index (κ2) is 6.67. The molecule has 1 amide bonds. The molecule has 1 N–H and O–H groups in total. The molecule has 0 aliphatic carbocycles. The molecule has 15 heavy (non-hydrogen) atoms. The number of nitrogens with one attached hydrogen (secondary N) is 1. The van der Waals surface area contributed by atoms with Crippen molar-refractivity contribution in [2.45, 2.75) is 19.9 Å². The molecule has 0 bridgehead atoms. The quantitative estimate of drug-likeness (QED) is 0.313. The van der Waals surface area contributed by atoms with Crippen molar-refractivity contribution in [3.8, 4) is 0 Å². The minimum Gasteiger partial charge on any atom is -0.467 e. The molecule has 0 heterocycles. The zero-order valence-corrected chi connectivity index (χ0v) is 8.93. The van der Waals surface area contributed by atoms with Crippen LogP contribution in [0, 0.1) is 5.92 Å². The van der Waals surface area contributed by atoms with Crippen molar-refractivity contribution in [3.05, 3.63) is 10.4 Å². The Morgan fingerprint density at radius 2 is 2.13 bits per heavy atom. The molecule has 0 saturated heterocycles. The molecule has 0 aromatic heterocycles. The van der Waals surface area contributed by atoms with Crippen LogP contribution in [0.5, 0.6) is 0 Å². The summed E-state index contributed by atoms with van der Waals surface area (Å²) < 4.78 is 4.52. The number of hydrogen-bond acceptors (Lipinski definition) is 4. The van der Waals surface area contributed by atoms with E-state index in [0.29, 0.717) is 0 Å². The van der Waals surface area contributed by atoms with Crippen LogP contribution in [0.15, 0.2) is 5.11 Å². The molecule has 0 spiro atoms. The topological polar surface area (TPSA) is 104 Å². The summed E-state index contributed by atoms with van der Waals surface area (Å²) >= 11 is 0. The first-order chi connectivity index (χ1) is 7.02. The van der Waals surface area contributed by atoms with Gasteiger partial charge in [-0.3, -0.25) is 4.79 Å². The Hall–Kier alpha value is -1.75. The van der Waals surface area contributed by atoms with Gasteiger partial charge < -0.3 is 10.1 Å². The standard InChI is InChI=1S/C8H14N4O3/c1-5(2)7(8(14)15-3)11-6(13)4-10-12-9/h5,7H,4H2,1-3H3,(H,11,13)/t7-/m0/s1. The van der Waals surface area contributed by atoms with E-state index in [1.165, 1.54) is 7.11 Å². The highest BCUT2D eigenvalue weighted by molar-refractivity contribution is 5.85. The third kappa shape index (κ3) is 4.87. The van der Waals surface area contributed by atoms with Crippen molar-refractivity contribution in [2.75, 3.05) is 13.7 Å². The van der Waals surface area contributed by atoms with E-state index in [2.05, 4.69) is 20.1 Å². The van der Waals surface area contributed by atoms with Crippen LogP contribution in [0.25, 0.3) is 10.4 Å². The predicted molar refractivity (Wildman–Crippen MR) is 52.8 cm³/mol. The van der Waals surface area contributed by atoms with Gasteiger partial charge in [0.15, 0.2) is 0 Å². The molecule has 7 nitrogen and oxygen atoms in total. The molecular formula is C8H14N4O3. The van der Waals surface area contributed by atoms with E-state index in [9.17, 15) is 9.59 Å². The fourth-order valence-electron chi connectivity index (χ4n) is 0.940. The van der Waals surface area contributed by atoms with Crippen molar-refractivity contribution in [1.82, 2.24) is 5.32 Å². The molecule has 0 aromatic carbocycles. The smallest absolute Gasteiger partial charge is 0.328 e. The number of amides is 1. The number of rotatable bonds is 5. The number of ether oxygens (including phenoxy) is 1. The summed E-state index contributed by atoms with van der Waals surface area (Å²) in [4.78, 5) is 24.8. The maximum absolute atomic E-state index is 11.2. The van der Waals surface area contributed by atoms with Gasteiger partial charge in [-0.2, -0.15) is 0 Å². The highest BCUT2D eigenvalue weighted by Gasteiger charge is 2.24. The number of nitrogens with zero attached hydrogens (tertiary/aromatic N) is 3. The van der Waals surface area contributed by atoms with E-state index < -0.39 is 17.9 Å². The number of hydrogen-bond donors (Lipinski definition) is 1. The maximum Gasteiger partial charge on any atom is 0.328 e. The summed E-state index contributed by atoms with van der Waals surface area (Å²) in [5.41, 5.74) is 8.00. The van der Waals surface area contributed by atoms with Crippen molar-refractivity contribution >= 4 is 11.9 Å². The van der Waals surface area contributed by atoms with Crippen LogP contribution in [0.3, 0.4) is 0 Å². The van der Waals surface area contributed by atoms with Gasteiger partial charge in [0.2, 0.25) is 5.91 Å². The molecule has 84 valence electrons. The molecule has 0 unspecified atom stereocenters. The van der Waals surface area contributed by atoms with Crippen LogP contribution < -0.4 is 5.32 Å². The van der Waals surface area contributed by atoms with Gasteiger partial charge in [0, 0.05) is 4.91 Å². The maximum atomic E-state index is 11.2. The first-order valence-electron chi connectivity index (χ1n) is 4.41. The SMILES string of the molecule is COC(=O)[C@@H](NC(=O)CN=[N+]=[N-])C(C)C. The van der Waals surface area contributed by atoms with Gasteiger partial charge >= 0.3 is 5.97 Å². The molecule has 1 atom stereocenters. The lowest BCUT2D eigenvalue weighted by atomic mass is 10.0. The second-order valence-electron chi connectivity index (χ2n) is 3.20. The van der Waals surface area contributed by atoms with Crippen molar-refractivity contribution < 1.29 is 14.3 Å². The minimum atomic E-state index is -0.712. The van der Waals surface area contributed by atoms with Gasteiger partial charge in [0.1, 0.15) is 12.6 Å². The largest absolute Gasteiger partial charge is 0.467 e. The first kappa shape index (κ1) is 13.2. The normalized spacial score (nSPS) is 11.5. The number of carbonyl (C=O) groups is 2. The van der Waals surface area contributed by atoms with Gasteiger partial charge in [-0.05, 0) is 11.4 Å². The van der Waals surface area contributed by atoms with Crippen LogP contribution >= 0.6 is 0 Å². The number of azide groups is 1. The number of carbonyl (C=O) groups excluding carboxylic acids is 2. The molecule has 0 fully saturated rings. The van der Waals surface area contributed by atoms with Crippen LogP contribution in [0.2, 0.25) is 0 Å². The Kier molecular flexibility index (Phi) is 5.89. The Labute approximate surface area is 87.4 Å². The van der Waals surface area contributed by atoms with E-state index in [1.54, 1.807) is 13.8 Å². The number of methoxy groups -OCH3 is 1. The fourth-order valence-corrected chi connectivity index (χ4v) is 0.940. The summed E-state index contributed by atoms with van der Waals surface area (Å²) in [7, 11) is 1.25. The van der Waals surface area contributed by atoms with Crippen molar-refractivity contribution in [2.24, 2.45) is 11.0 Å². The van der Waals surface area contributed by atoms with Crippen LogP contribution in [0.4, 0.5) is 0 Å². The Bertz CT molecular complexity index is 284. The summed E-state index contributed by atoms with van der Waals surface area (Å²) in [6.45, 7) is 3.22. The summed E-state index contributed by atoms with van der Waals surface area (Å²) in [6.07, 6.45) is 0. The zero-order valence-electron chi connectivity index (χ0n) is 8.93. The van der Waals surface area contributed by atoms with Gasteiger partial charge in [-0.15, -0.1) is 0 Å². The van der Waals surface area contributed by atoms with Gasteiger partial charge in [0.25, 0.3) is 0 Å². The molecule has 0 rings (SSSR count). The minimum absolute atomic E-state index is 0.0903. The summed E-state index contributed by atoms with van der Waals surface area (Å²) in [6, 6.07) is -0.712. The van der Waals surface area contributed by atoms with E-state index in [-0.39, 0.29) is 12.5 Å². The van der Waals surface area contributed by atoms with E-state index in [4.69, 9.17) is 5.53 Å². The molecule has 0 radical (unpaired) electrons. The zero-order chi connectivity index (χ0) is 11.8. The lowest BCUT2D eigenvalue weighted by Crippen LogP contribution is -2.45. The molecular weight excluding hydrogens is 200 g/mol. The third-order valence-corrected chi connectivity index (χ3v) is 1.72. The molecule has 0 aliphatic heterocycles. The molecule has 7 heteroatoms. The predicted octanol–water partition coefficient (Wildman–Crippen LogP) is 0.610. The van der Waals surface area contributed by atoms with Crippen molar-refractivity contribution in [3.63, 3.8) is 0 Å². The summed E-state index contributed by atoms with van der Waals surface area (Å²) in [5.74, 6) is -1.11. The van der Waals surface area contributed by atoms with Crippen LogP contribution in [-0.2, 0) is 14.3 Å². The van der Waals surface area contributed by atoms with Gasteiger partial charge in [-0.25, -0.2) is 4.79 Å². The van der Waals surface area contributed by atoms with E-state index in [1.807, 2.05) is 0 Å². The van der Waals surface area contributed by atoms with Crippen molar-refractivity contribution in [1.29, 1.82) is 0 Å². The van der Waals surface area contributed by atoms with Gasteiger partial charge in [0.05, 0.1) is 7.11 Å². The van der Waals surface area contributed by atoms with Crippen LogP contribution in [0.1, 0.15) is 13.8 Å². The van der Waals surface area contributed by atoms with E-state index >= 15 is 0 Å². The third-order valence-electron chi connectivity index (χ3n) is 1.72. The summed E-state index contributed by atoms with van der Waals surface area (Å²) in [5, 5.41) is 5.51. The molecule has 0 aromatic rings. The second-order valence-corrected chi connectivity index (χ2v) is 3.20. The fraction of sp³-hybridized carbons (Fsp3) is 0.750.